The Balaban J connectivity index is 2.68. The van der Waals surface area contributed by atoms with Gasteiger partial charge in [-0.05, 0) is 24.6 Å². The molecule has 1 rings (SSSR count). The highest BCUT2D eigenvalue weighted by atomic mass is 32.1. The molecule has 0 spiro atoms. The molecule has 0 radical (unpaired) electrons. The Bertz CT molecular complexity index is 352. The third kappa shape index (κ3) is 3.55. The maximum Gasteiger partial charge on any atom is 0.341 e. The molecule has 2 nitrogen and oxygen atoms in total. The van der Waals surface area contributed by atoms with Gasteiger partial charge in [0, 0.05) is 4.90 Å². The third-order valence-electron chi connectivity index (χ3n) is 1.90. The van der Waals surface area contributed by atoms with Gasteiger partial charge in [0.1, 0.15) is 5.82 Å². The molecule has 0 fully saturated rings. The molecule has 0 unspecified atom stereocenters. The van der Waals surface area contributed by atoms with Gasteiger partial charge in [-0.1, -0.05) is 13.3 Å². The van der Waals surface area contributed by atoms with Crippen LogP contribution in [0.1, 0.15) is 30.1 Å². The lowest BCUT2D eigenvalue weighted by molar-refractivity contribution is 0.0494. The van der Waals surface area contributed by atoms with E-state index in [1.807, 2.05) is 6.92 Å². The molecule has 0 saturated heterocycles. The van der Waals surface area contributed by atoms with Crippen LogP contribution < -0.4 is 0 Å². The summed E-state index contributed by atoms with van der Waals surface area (Å²) in [4.78, 5) is 11.9. The fourth-order valence-corrected chi connectivity index (χ4v) is 1.26. The molecule has 0 aromatic heterocycles. The summed E-state index contributed by atoms with van der Waals surface area (Å²) in [5.74, 6) is -1.20. The van der Waals surface area contributed by atoms with Gasteiger partial charge in [0.25, 0.3) is 0 Å². The van der Waals surface area contributed by atoms with Crippen LogP contribution in [0.2, 0.25) is 0 Å². The minimum Gasteiger partial charge on any atom is -0.462 e. The molecule has 4 heteroatoms. The van der Waals surface area contributed by atoms with Crippen molar-refractivity contribution in [3.05, 3.63) is 29.6 Å². The fourth-order valence-electron chi connectivity index (χ4n) is 1.06. The highest BCUT2D eigenvalue weighted by Gasteiger charge is 2.12. The average molecular weight is 228 g/mol. The van der Waals surface area contributed by atoms with Crippen molar-refractivity contribution >= 4 is 18.6 Å². The molecule has 1 aromatic rings. The first kappa shape index (κ1) is 12.0. The summed E-state index contributed by atoms with van der Waals surface area (Å²) in [6.45, 7) is 2.31. The number of hydrogen-bond donors (Lipinski definition) is 1. The van der Waals surface area contributed by atoms with E-state index in [4.69, 9.17) is 4.74 Å². The van der Waals surface area contributed by atoms with Crippen LogP contribution in [-0.4, -0.2) is 12.6 Å². The predicted molar refractivity (Wildman–Crippen MR) is 58.8 cm³/mol. The van der Waals surface area contributed by atoms with E-state index in [0.717, 1.165) is 12.8 Å². The zero-order valence-electron chi connectivity index (χ0n) is 8.50. The highest BCUT2D eigenvalue weighted by molar-refractivity contribution is 7.80. The van der Waals surface area contributed by atoms with Crippen LogP contribution in [-0.2, 0) is 4.74 Å². The van der Waals surface area contributed by atoms with Crippen molar-refractivity contribution in [2.24, 2.45) is 0 Å². The van der Waals surface area contributed by atoms with E-state index in [2.05, 4.69) is 12.6 Å². The van der Waals surface area contributed by atoms with Crippen molar-refractivity contribution in [2.45, 2.75) is 24.7 Å². The molecule has 0 atom stereocenters. The Morgan fingerprint density at radius 2 is 2.27 bits per heavy atom. The van der Waals surface area contributed by atoms with Crippen molar-refractivity contribution in [3.63, 3.8) is 0 Å². The van der Waals surface area contributed by atoms with Gasteiger partial charge in [0.2, 0.25) is 0 Å². The van der Waals surface area contributed by atoms with Gasteiger partial charge >= 0.3 is 5.97 Å². The lowest BCUT2D eigenvalue weighted by Crippen LogP contribution is -2.08. The van der Waals surface area contributed by atoms with E-state index in [0.29, 0.717) is 11.5 Å². The van der Waals surface area contributed by atoms with Crippen molar-refractivity contribution in [1.29, 1.82) is 0 Å². The molecule has 0 bridgehead atoms. The zero-order valence-corrected chi connectivity index (χ0v) is 9.39. The maximum atomic E-state index is 13.2. The van der Waals surface area contributed by atoms with E-state index in [9.17, 15) is 9.18 Å². The summed E-state index contributed by atoms with van der Waals surface area (Å²) in [5, 5.41) is 0. The zero-order chi connectivity index (χ0) is 11.3. The number of carbonyl (C=O) groups is 1. The molecule has 0 aliphatic rings. The number of ether oxygens (including phenoxy) is 1. The lowest BCUT2D eigenvalue weighted by atomic mass is 10.2. The topological polar surface area (TPSA) is 26.3 Å². The van der Waals surface area contributed by atoms with Gasteiger partial charge in [-0.25, -0.2) is 9.18 Å². The molecule has 0 heterocycles. The highest BCUT2D eigenvalue weighted by Crippen LogP contribution is 2.14. The third-order valence-corrected chi connectivity index (χ3v) is 2.18. The summed E-state index contributed by atoms with van der Waals surface area (Å²) in [6.07, 6.45) is 1.72. The second-order valence-electron chi connectivity index (χ2n) is 3.15. The van der Waals surface area contributed by atoms with Crippen LogP contribution >= 0.6 is 12.6 Å². The Morgan fingerprint density at radius 1 is 1.53 bits per heavy atom. The second-order valence-corrected chi connectivity index (χ2v) is 3.67. The van der Waals surface area contributed by atoms with Gasteiger partial charge < -0.3 is 4.74 Å². The number of benzene rings is 1. The molecular formula is C11H13FO2S. The van der Waals surface area contributed by atoms with Crippen LogP contribution in [0.3, 0.4) is 0 Å². The summed E-state index contributed by atoms with van der Waals surface area (Å²) in [5.41, 5.74) is -0.0568. The quantitative estimate of drug-likeness (QED) is 0.487. The van der Waals surface area contributed by atoms with Crippen molar-refractivity contribution in [3.8, 4) is 0 Å². The van der Waals surface area contributed by atoms with Gasteiger partial charge in [0.05, 0.1) is 12.2 Å². The molecule has 0 aliphatic heterocycles. The predicted octanol–water partition coefficient (Wildman–Crippen LogP) is 3.07. The van der Waals surface area contributed by atoms with Crippen LogP contribution in [0.25, 0.3) is 0 Å². The molecule has 82 valence electrons. The van der Waals surface area contributed by atoms with Crippen molar-refractivity contribution in [2.75, 3.05) is 6.61 Å². The molecule has 0 amide bonds. The smallest absolute Gasteiger partial charge is 0.341 e. The number of unbranched alkanes of at least 4 members (excludes halogenated alkanes) is 1. The van der Waals surface area contributed by atoms with E-state index in [1.165, 1.54) is 18.2 Å². The van der Waals surface area contributed by atoms with Gasteiger partial charge in [-0.3, -0.25) is 0 Å². The second kappa shape index (κ2) is 5.75. The fraction of sp³-hybridized carbons (Fsp3) is 0.364. The Morgan fingerprint density at radius 3 is 2.93 bits per heavy atom. The van der Waals surface area contributed by atoms with E-state index < -0.39 is 11.8 Å². The first-order valence-electron chi connectivity index (χ1n) is 4.80. The number of hydrogen-bond acceptors (Lipinski definition) is 3. The van der Waals surface area contributed by atoms with Gasteiger partial charge in [-0.2, -0.15) is 0 Å². The van der Waals surface area contributed by atoms with Gasteiger partial charge in [-0.15, -0.1) is 12.6 Å². The number of carbonyl (C=O) groups excluding carboxylic acids is 1. The normalized spacial score (nSPS) is 10.1. The van der Waals surface area contributed by atoms with Gasteiger partial charge in [0.15, 0.2) is 0 Å². The first-order valence-corrected chi connectivity index (χ1v) is 5.25. The Kier molecular flexibility index (Phi) is 4.62. The molecule has 0 aliphatic carbocycles. The maximum absolute atomic E-state index is 13.2. The van der Waals surface area contributed by atoms with Crippen LogP contribution in [0.4, 0.5) is 4.39 Å². The largest absolute Gasteiger partial charge is 0.462 e. The SMILES string of the molecule is CCCCOC(=O)c1cc(S)ccc1F. The van der Waals surface area contributed by atoms with E-state index >= 15 is 0 Å². The molecule has 1 aromatic carbocycles. The van der Waals surface area contributed by atoms with E-state index in [-0.39, 0.29) is 5.56 Å². The monoisotopic (exact) mass is 228 g/mol. The lowest BCUT2D eigenvalue weighted by Gasteiger charge is -2.05. The summed E-state index contributed by atoms with van der Waals surface area (Å²) >= 11 is 4.03. The number of esters is 1. The summed E-state index contributed by atoms with van der Waals surface area (Å²) in [7, 11) is 0. The number of rotatable bonds is 4. The van der Waals surface area contributed by atoms with E-state index in [1.54, 1.807) is 0 Å². The van der Waals surface area contributed by atoms with Crippen molar-refractivity contribution in [1.82, 2.24) is 0 Å². The Hall–Kier alpha value is -1.03. The minimum atomic E-state index is -0.628. The molecular weight excluding hydrogens is 215 g/mol. The van der Waals surface area contributed by atoms with Crippen LogP contribution in [0.15, 0.2) is 23.1 Å². The average Bonchev–Trinajstić information content (AvgIpc) is 2.22. The molecule has 0 N–H and O–H groups in total. The summed E-state index contributed by atoms with van der Waals surface area (Å²) < 4.78 is 18.1. The number of thiol groups is 1. The minimum absolute atomic E-state index is 0.0568. The van der Waals surface area contributed by atoms with Crippen LogP contribution in [0, 0.1) is 5.82 Å². The Labute approximate surface area is 93.9 Å². The molecule has 0 saturated carbocycles. The number of halogens is 1. The molecule has 15 heavy (non-hydrogen) atoms. The van der Waals surface area contributed by atoms with Crippen molar-refractivity contribution < 1.29 is 13.9 Å². The van der Waals surface area contributed by atoms with Crippen LogP contribution in [0.5, 0.6) is 0 Å². The first-order chi connectivity index (χ1) is 7.15. The summed E-state index contributed by atoms with van der Waals surface area (Å²) in [6, 6.07) is 4.06. The standard InChI is InChI=1S/C11H13FO2S/c1-2-3-6-14-11(13)9-7-8(15)4-5-10(9)12/h4-5,7,15H,2-3,6H2,1H3.